The maximum absolute atomic E-state index is 13.2. The lowest BCUT2D eigenvalue weighted by Gasteiger charge is -2.24. The summed E-state index contributed by atoms with van der Waals surface area (Å²) in [5.74, 6) is -0.899. The van der Waals surface area contributed by atoms with Gasteiger partial charge in [-0.05, 0) is 73.5 Å². The van der Waals surface area contributed by atoms with Gasteiger partial charge in [-0.2, -0.15) is 0 Å². The third kappa shape index (κ3) is 4.01. The molecule has 31 heavy (non-hydrogen) atoms. The van der Waals surface area contributed by atoms with Gasteiger partial charge >= 0.3 is 0 Å². The van der Waals surface area contributed by atoms with Crippen LogP contribution in [0.3, 0.4) is 0 Å². The number of rotatable bonds is 4. The number of amides is 1. The number of nitrogens with zero attached hydrogens (tertiary/aromatic N) is 1. The monoisotopic (exact) mass is 478 g/mol. The number of fused-ring (bicyclic) bond motifs is 1. The van der Waals surface area contributed by atoms with Gasteiger partial charge in [0.15, 0.2) is 0 Å². The molecule has 1 amide bonds. The Morgan fingerprint density at radius 2 is 1.81 bits per heavy atom. The summed E-state index contributed by atoms with van der Waals surface area (Å²) in [5.41, 5.74) is 1.97. The molecule has 0 unspecified atom stereocenters. The van der Waals surface area contributed by atoms with Crippen molar-refractivity contribution in [2.75, 3.05) is 9.62 Å². The highest BCUT2D eigenvalue weighted by Gasteiger charge is 2.36. The second kappa shape index (κ2) is 8.15. The molecule has 3 aromatic carbocycles. The predicted molar refractivity (Wildman–Crippen MR) is 120 cm³/mol. The van der Waals surface area contributed by atoms with Crippen LogP contribution < -0.4 is 9.62 Å². The first-order valence-corrected chi connectivity index (χ1v) is 11.6. The summed E-state index contributed by atoms with van der Waals surface area (Å²) < 4.78 is 40.8. The second-order valence-electron chi connectivity index (χ2n) is 7.21. The molecule has 4 rings (SSSR count). The van der Waals surface area contributed by atoms with Gasteiger partial charge in [-0.1, -0.05) is 29.3 Å². The lowest BCUT2D eigenvalue weighted by Crippen LogP contribution is -2.35. The smallest absolute Gasteiger partial charge is 0.264 e. The van der Waals surface area contributed by atoms with Crippen LogP contribution in [0.5, 0.6) is 0 Å². The Balaban J connectivity index is 1.64. The average molecular weight is 479 g/mol. The Labute approximate surface area is 189 Å². The molecule has 0 saturated heterocycles. The molecule has 160 valence electrons. The molecule has 0 aliphatic carbocycles. The summed E-state index contributed by atoms with van der Waals surface area (Å²) in [6.45, 7) is 1.78. The summed E-state index contributed by atoms with van der Waals surface area (Å²) in [4.78, 5) is 12.7. The molecule has 0 spiro atoms. The van der Waals surface area contributed by atoms with Crippen LogP contribution in [-0.2, 0) is 16.4 Å². The zero-order valence-electron chi connectivity index (χ0n) is 16.3. The largest absolute Gasteiger partial charge is 0.321 e. The van der Waals surface area contributed by atoms with Crippen LogP contribution in [0, 0.1) is 5.82 Å². The first-order chi connectivity index (χ1) is 14.7. The predicted octanol–water partition coefficient (Wildman–Crippen LogP) is 5.52. The van der Waals surface area contributed by atoms with Gasteiger partial charge in [0.2, 0.25) is 0 Å². The van der Waals surface area contributed by atoms with E-state index in [-0.39, 0.29) is 21.9 Å². The number of anilines is 2. The Morgan fingerprint density at radius 1 is 1.10 bits per heavy atom. The SMILES string of the molecule is C[C@H]1Cc2cc(C(=O)Nc3cccc(Cl)c3Cl)ccc2N1S(=O)(=O)c1ccc(F)cc1. The van der Waals surface area contributed by atoms with E-state index in [4.69, 9.17) is 23.2 Å². The van der Waals surface area contributed by atoms with E-state index in [0.29, 0.717) is 28.4 Å². The van der Waals surface area contributed by atoms with Crippen molar-refractivity contribution in [2.45, 2.75) is 24.3 Å². The summed E-state index contributed by atoms with van der Waals surface area (Å²) in [7, 11) is -3.88. The molecular formula is C22H17Cl2FN2O3S. The fraction of sp³-hybridized carbons (Fsp3) is 0.136. The Hall–Kier alpha value is -2.61. The Morgan fingerprint density at radius 3 is 2.52 bits per heavy atom. The summed E-state index contributed by atoms with van der Waals surface area (Å²) in [6, 6.07) is 14.1. The fourth-order valence-corrected chi connectivity index (χ4v) is 5.67. The molecule has 1 atom stereocenters. The van der Waals surface area contributed by atoms with Crippen molar-refractivity contribution in [1.82, 2.24) is 0 Å². The molecule has 0 bridgehead atoms. The van der Waals surface area contributed by atoms with Gasteiger partial charge in [0.1, 0.15) is 5.82 Å². The summed E-state index contributed by atoms with van der Waals surface area (Å²) in [6.07, 6.45) is 0.439. The van der Waals surface area contributed by atoms with Crippen LogP contribution in [0.25, 0.3) is 0 Å². The van der Waals surface area contributed by atoms with Gasteiger partial charge in [0.05, 0.1) is 26.3 Å². The molecule has 0 radical (unpaired) electrons. The van der Waals surface area contributed by atoms with Crippen LogP contribution >= 0.6 is 23.2 Å². The van der Waals surface area contributed by atoms with Gasteiger partial charge < -0.3 is 5.32 Å². The van der Waals surface area contributed by atoms with E-state index in [2.05, 4.69) is 5.32 Å². The number of benzene rings is 3. The normalized spacial score (nSPS) is 15.6. The Kier molecular flexibility index (Phi) is 5.68. The van der Waals surface area contributed by atoms with Crippen LogP contribution in [0.15, 0.2) is 65.6 Å². The lowest BCUT2D eigenvalue weighted by atomic mass is 10.1. The first-order valence-electron chi connectivity index (χ1n) is 9.37. The van der Waals surface area contributed by atoms with Crippen LogP contribution in [-0.4, -0.2) is 20.4 Å². The van der Waals surface area contributed by atoms with Gasteiger partial charge in [-0.3, -0.25) is 9.10 Å². The van der Waals surface area contributed by atoms with Crippen molar-refractivity contribution in [3.05, 3.63) is 87.7 Å². The minimum atomic E-state index is -3.88. The summed E-state index contributed by atoms with van der Waals surface area (Å²) >= 11 is 12.1. The van der Waals surface area contributed by atoms with Crippen LogP contribution in [0.1, 0.15) is 22.8 Å². The number of carbonyl (C=O) groups excluding carboxylic acids is 1. The van der Waals surface area contributed by atoms with Crippen molar-refractivity contribution in [3.63, 3.8) is 0 Å². The van der Waals surface area contributed by atoms with E-state index in [1.807, 2.05) is 0 Å². The van der Waals surface area contributed by atoms with Crippen molar-refractivity contribution >= 4 is 50.5 Å². The van der Waals surface area contributed by atoms with Crippen molar-refractivity contribution in [1.29, 1.82) is 0 Å². The van der Waals surface area contributed by atoms with Gasteiger partial charge in [0, 0.05) is 11.6 Å². The molecule has 1 heterocycles. The maximum Gasteiger partial charge on any atom is 0.264 e. The quantitative estimate of drug-likeness (QED) is 0.536. The molecule has 0 saturated carbocycles. The number of hydrogen-bond acceptors (Lipinski definition) is 3. The third-order valence-corrected chi connectivity index (χ3v) is 7.83. The zero-order chi connectivity index (χ0) is 22.3. The highest BCUT2D eigenvalue weighted by molar-refractivity contribution is 7.92. The number of carbonyl (C=O) groups is 1. The average Bonchev–Trinajstić information content (AvgIpc) is 3.07. The van der Waals surface area contributed by atoms with Crippen molar-refractivity contribution in [2.24, 2.45) is 0 Å². The highest BCUT2D eigenvalue weighted by Crippen LogP contribution is 2.37. The van der Waals surface area contributed by atoms with E-state index in [1.165, 1.54) is 16.4 Å². The minimum absolute atomic E-state index is 0.00557. The third-order valence-electron chi connectivity index (χ3n) is 5.07. The molecule has 1 aliphatic heterocycles. The Bertz CT molecular complexity index is 1280. The highest BCUT2D eigenvalue weighted by atomic mass is 35.5. The molecule has 0 fully saturated rings. The molecule has 5 nitrogen and oxygen atoms in total. The number of sulfonamides is 1. The molecule has 3 aromatic rings. The lowest BCUT2D eigenvalue weighted by molar-refractivity contribution is 0.102. The van der Waals surface area contributed by atoms with E-state index in [9.17, 15) is 17.6 Å². The first kappa shape index (κ1) is 21.6. The number of hydrogen-bond donors (Lipinski definition) is 1. The van der Waals surface area contributed by atoms with Gasteiger partial charge in [-0.25, -0.2) is 12.8 Å². The van der Waals surface area contributed by atoms with E-state index < -0.39 is 15.8 Å². The molecular weight excluding hydrogens is 462 g/mol. The summed E-state index contributed by atoms with van der Waals surface area (Å²) in [5, 5.41) is 3.28. The topological polar surface area (TPSA) is 66.5 Å². The minimum Gasteiger partial charge on any atom is -0.321 e. The number of halogens is 3. The maximum atomic E-state index is 13.2. The fourth-order valence-electron chi connectivity index (χ4n) is 3.63. The van der Waals surface area contributed by atoms with Gasteiger partial charge in [0.25, 0.3) is 15.9 Å². The zero-order valence-corrected chi connectivity index (χ0v) is 18.6. The van der Waals surface area contributed by atoms with Crippen molar-refractivity contribution in [3.8, 4) is 0 Å². The molecule has 1 N–H and O–H groups in total. The second-order valence-corrected chi connectivity index (χ2v) is 9.81. The standard InChI is InChI=1S/C22H17Cl2FN2O3S/c1-13-11-15-12-14(22(28)26-19-4-2-3-18(23)21(19)24)5-10-20(15)27(13)31(29,30)17-8-6-16(25)7-9-17/h2-10,12-13H,11H2,1H3,(H,26,28)/t13-/m0/s1. The van der Waals surface area contributed by atoms with Gasteiger partial charge in [-0.15, -0.1) is 0 Å². The van der Waals surface area contributed by atoms with E-state index >= 15 is 0 Å². The molecule has 1 aliphatic rings. The molecule has 9 heteroatoms. The van der Waals surface area contributed by atoms with Crippen molar-refractivity contribution < 1.29 is 17.6 Å². The van der Waals surface area contributed by atoms with Crippen LogP contribution in [0.2, 0.25) is 10.0 Å². The van der Waals surface area contributed by atoms with E-state index in [0.717, 1.165) is 17.7 Å². The number of nitrogens with one attached hydrogen (secondary N) is 1. The van der Waals surface area contributed by atoms with E-state index in [1.54, 1.807) is 43.3 Å². The molecule has 0 aromatic heterocycles. The van der Waals surface area contributed by atoms with Crippen LogP contribution in [0.4, 0.5) is 15.8 Å².